The van der Waals surface area contributed by atoms with E-state index in [0.29, 0.717) is 30.2 Å². The maximum atomic E-state index is 13.2. The van der Waals surface area contributed by atoms with E-state index in [1.54, 1.807) is 31.2 Å². The number of benzene rings is 2. The SMILES string of the molecule is Cc1c(C(=O)C(F)(F)F)c2ccccc2n1CC(=O)N[C@@H](C)c1ccc2c(c1)OCCCO2. The minimum absolute atomic E-state index is 0.0944. The normalized spacial score (nSPS) is 14.6. The quantitative estimate of drug-likeness (QED) is 0.559. The van der Waals surface area contributed by atoms with E-state index in [1.807, 2.05) is 12.1 Å². The van der Waals surface area contributed by atoms with Crippen LogP contribution in [-0.4, -0.2) is 35.6 Å². The van der Waals surface area contributed by atoms with Crippen LogP contribution < -0.4 is 14.8 Å². The molecule has 2 aromatic carbocycles. The minimum atomic E-state index is -5.01. The van der Waals surface area contributed by atoms with Gasteiger partial charge in [0.1, 0.15) is 6.54 Å². The standard InChI is InChI=1S/C24H23F3N2O4/c1-14(16-8-9-19-20(12-16)33-11-5-10-32-19)28-21(30)13-29-15(2)22(23(31)24(25,26)27)17-6-3-4-7-18(17)29/h3-4,6-9,12,14H,5,10-11,13H2,1-2H3,(H,28,30)/t14-/m0/s1. The van der Waals surface area contributed by atoms with Gasteiger partial charge < -0.3 is 19.4 Å². The molecule has 1 atom stereocenters. The van der Waals surface area contributed by atoms with Crippen molar-refractivity contribution in [2.24, 2.45) is 0 Å². The van der Waals surface area contributed by atoms with Crippen LogP contribution in [0.2, 0.25) is 0 Å². The predicted octanol–water partition coefficient (Wildman–Crippen LogP) is 4.73. The zero-order valence-electron chi connectivity index (χ0n) is 18.2. The number of nitrogens with zero attached hydrogens (tertiary/aromatic N) is 1. The third-order valence-electron chi connectivity index (χ3n) is 5.67. The van der Waals surface area contributed by atoms with E-state index in [9.17, 15) is 22.8 Å². The van der Waals surface area contributed by atoms with E-state index in [4.69, 9.17) is 9.47 Å². The lowest BCUT2D eigenvalue weighted by molar-refractivity contribution is -0.122. The molecule has 6 nitrogen and oxygen atoms in total. The number of alkyl halides is 3. The molecule has 1 N–H and O–H groups in total. The molecule has 0 radical (unpaired) electrons. The average Bonchev–Trinajstić information content (AvgIpc) is 2.91. The first-order chi connectivity index (χ1) is 15.7. The molecule has 2 heterocycles. The second-order valence-corrected chi connectivity index (χ2v) is 7.94. The van der Waals surface area contributed by atoms with E-state index >= 15 is 0 Å². The molecule has 1 amide bonds. The van der Waals surface area contributed by atoms with Crippen LogP contribution in [-0.2, 0) is 11.3 Å². The second-order valence-electron chi connectivity index (χ2n) is 7.94. The maximum absolute atomic E-state index is 13.2. The fraction of sp³-hybridized carbons (Fsp3) is 0.333. The van der Waals surface area contributed by atoms with Crippen molar-refractivity contribution in [1.29, 1.82) is 0 Å². The third-order valence-corrected chi connectivity index (χ3v) is 5.67. The van der Waals surface area contributed by atoms with Gasteiger partial charge in [-0.05, 0) is 37.6 Å². The molecule has 3 aromatic rings. The first-order valence-electron chi connectivity index (χ1n) is 10.5. The number of ketones is 1. The highest BCUT2D eigenvalue weighted by Gasteiger charge is 2.42. The molecular formula is C24H23F3N2O4. The Balaban J connectivity index is 1.57. The molecule has 0 bridgehead atoms. The molecule has 4 rings (SSSR count). The Hall–Kier alpha value is -3.49. The minimum Gasteiger partial charge on any atom is -0.490 e. The molecule has 1 aliphatic heterocycles. The summed E-state index contributed by atoms with van der Waals surface area (Å²) in [4.78, 5) is 24.9. The Kier molecular flexibility index (Phi) is 6.05. The number of ether oxygens (including phenoxy) is 2. The lowest BCUT2D eigenvalue weighted by Crippen LogP contribution is -2.30. The first-order valence-corrected chi connectivity index (χ1v) is 10.5. The number of aromatic nitrogens is 1. The Morgan fingerprint density at radius 3 is 2.52 bits per heavy atom. The number of halogens is 3. The van der Waals surface area contributed by atoms with Gasteiger partial charge in [0.2, 0.25) is 5.91 Å². The van der Waals surface area contributed by atoms with Gasteiger partial charge in [-0.2, -0.15) is 13.2 Å². The van der Waals surface area contributed by atoms with Gasteiger partial charge in [-0.1, -0.05) is 24.3 Å². The van der Waals surface area contributed by atoms with Crippen molar-refractivity contribution in [3.8, 4) is 11.5 Å². The molecule has 0 spiro atoms. The number of carbonyl (C=O) groups excluding carboxylic acids is 2. The number of para-hydroxylation sites is 1. The van der Waals surface area contributed by atoms with Gasteiger partial charge in [0, 0.05) is 23.0 Å². The fourth-order valence-electron chi connectivity index (χ4n) is 4.03. The monoisotopic (exact) mass is 460 g/mol. The molecule has 9 heteroatoms. The second kappa shape index (κ2) is 8.80. The maximum Gasteiger partial charge on any atom is 0.454 e. The smallest absolute Gasteiger partial charge is 0.454 e. The van der Waals surface area contributed by atoms with E-state index in [-0.39, 0.29) is 23.7 Å². The summed E-state index contributed by atoms with van der Waals surface area (Å²) in [6, 6.07) is 11.3. The van der Waals surface area contributed by atoms with Gasteiger partial charge in [0.15, 0.2) is 11.5 Å². The number of hydrogen-bond acceptors (Lipinski definition) is 4. The van der Waals surface area contributed by atoms with Crippen molar-refractivity contribution in [2.45, 2.75) is 39.0 Å². The number of hydrogen-bond donors (Lipinski definition) is 1. The first kappa shape index (κ1) is 22.7. The number of rotatable bonds is 5. The van der Waals surface area contributed by atoms with E-state index in [2.05, 4.69) is 5.32 Å². The zero-order chi connectivity index (χ0) is 23.8. The topological polar surface area (TPSA) is 69.6 Å². The van der Waals surface area contributed by atoms with Crippen LogP contribution in [0.3, 0.4) is 0 Å². The molecule has 174 valence electrons. The molecule has 0 aliphatic carbocycles. The van der Waals surface area contributed by atoms with Crippen LogP contribution in [0.25, 0.3) is 10.9 Å². The highest BCUT2D eigenvalue weighted by molar-refractivity contribution is 6.12. The number of fused-ring (bicyclic) bond motifs is 2. The van der Waals surface area contributed by atoms with Gasteiger partial charge in [-0.3, -0.25) is 9.59 Å². The van der Waals surface area contributed by atoms with E-state index in [0.717, 1.165) is 12.0 Å². The number of nitrogens with one attached hydrogen (secondary N) is 1. The van der Waals surface area contributed by atoms with Crippen molar-refractivity contribution in [1.82, 2.24) is 9.88 Å². The molecule has 1 aromatic heterocycles. The van der Waals surface area contributed by atoms with Gasteiger partial charge in [-0.15, -0.1) is 0 Å². The summed E-state index contributed by atoms with van der Waals surface area (Å²) in [6.07, 6.45) is -4.23. The summed E-state index contributed by atoms with van der Waals surface area (Å²) >= 11 is 0. The van der Waals surface area contributed by atoms with Crippen molar-refractivity contribution in [3.05, 3.63) is 59.3 Å². The largest absolute Gasteiger partial charge is 0.490 e. The summed E-state index contributed by atoms with van der Waals surface area (Å²) < 4.78 is 52.2. The number of carbonyl (C=O) groups is 2. The summed E-state index contributed by atoms with van der Waals surface area (Å²) in [7, 11) is 0. The van der Waals surface area contributed by atoms with Crippen LogP contribution in [0.1, 0.15) is 41.0 Å². The van der Waals surface area contributed by atoms with Crippen LogP contribution in [0.4, 0.5) is 13.2 Å². The van der Waals surface area contributed by atoms with Crippen LogP contribution in [0, 0.1) is 6.92 Å². The lowest BCUT2D eigenvalue weighted by atomic mass is 10.1. The highest BCUT2D eigenvalue weighted by atomic mass is 19.4. The van der Waals surface area contributed by atoms with Crippen molar-refractivity contribution in [2.75, 3.05) is 13.2 Å². The van der Waals surface area contributed by atoms with E-state index < -0.39 is 23.4 Å². The Labute approximate surface area is 188 Å². The highest BCUT2D eigenvalue weighted by Crippen LogP contribution is 2.33. The van der Waals surface area contributed by atoms with Crippen LogP contribution >= 0.6 is 0 Å². The Bertz CT molecular complexity index is 1220. The molecule has 0 saturated carbocycles. The molecular weight excluding hydrogens is 437 g/mol. The molecule has 0 saturated heterocycles. The van der Waals surface area contributed by atoms with Crippen molar-refractivity contribution < 1.29 is 32.2 Å². The van der Waals surface area contributed by atoms with Crippen LogP contribution in [0.5, 0.6) is 11.5 Å². The Morgan fingerprint density at radius 2 is 1.79 bits per heavy atom. The number of Topliss-reactive ketones (excluding diaryl/α,β-unsaturated/α-hetero) is 1. The van der Waals surface area contributed by atoms with Gasteiger partial charge in [0.05, 0.1) is 24.8 Å². The van der Waals surface area contributed by atoms with Crippen LogP contribution in [0.15, 0.2) is 42.5 Å². The molecule has 33 heavy (non-hydrogen) atoms. The predicted molar refractivity (Wildman–Crippen MR) is 116 cm³/mol. The average molecular weight is 460 g/mol. The summed E-state index contributed by atoms with van der Waals surface area (Å²) in [5.41, 5.74) is 0.856. The molecule has 1 aliphatic rings. The Morgan fingerprint density at radius 1 is 1.09 bits per heavy atom. The zero-order valence-corrected chi connectivity index (χ0v) is 18.2. The third kappa shape index (κ3) is 4.53. The van der Waals surface area contributed by atoms with Gasteiger partial charge >= 0.3 is 6.18 Å². The fourth-order valence-corrected chi connectivity index (χ4v) is 4.03. The van der Waals surface area contributed by atoms with Crippen molar-refractivity contribution in [3.63, 3.8) is 0 Å². The summed E-state index contributed by atoms with van der Waals surface area (Å²) in [5, 5.41) is 3.03. The lowest BCUT2D eigenvalue weighted by Gasteiger charge is -2.17. The summed E-state index contributed by atoms with van der Waals surface area (Å²) in [6.45, 7) is 4.10. The number of amides is 1. The van der Waals surface area contributed by atoms with Gasteiger partial charge in [-0.25, -0.2) is 0 Å². The summed E-state index contributed by atoms with van der Waals surface area (Å²) in [5.74, 6) is -1.07. The molecule has 0 unspecified atom stereocenters. The van der Waals surface area contributed by atoms with Crippen molar-refractivity contribution >= 4 is 22.6 Å². The van der Waals surface area contributed by atoms with E-state index in [1.165, 1.54) is 17.6 Å². The molecule has 0 fully saturated rings. The van der Waals surface area contributed by atoms with Gasteiger partial charge in [0.25, 0.3) is 5.78 Å².